The first-order valence-corrected chi connectivity index (χ1v) is 5.92. The summed E-state index contributed by atoms with van der Waals surface area (Å²) >= 11 is 0. The lowest BCUT2D eigenvalue weighted by Crippen LogP contribution is -2.23. The van der Waals surface area contributed by atoms with Crippen LogP contribution in [0, 0.1) is 0 Å². The number of anilines is 1. The van der Waals surface area contributed by atoms with Crippen LogP contribution in [-0.2, 0) is 10.0 Å². The van der Waals surface area contributed by atoms with E-state index in [-0.39, 0.29) is 22.1 Å². The lowest BCUT2D eigenvalue weighted by atomic mass is 10.1. The van der Waals surface area contributed by atoms with Crippen LogP contribution in [0.3, 0.4) is 0 Å². The quantitative estimate of drug-likeness (QED) is 0.690. The van der Waals surface area contributed by atoms with Crippen molar-refractivity contribution in [1.29, 1.82) is 0 Å². The highest BCUT2D eigenvalue weighted by Gasteiger charge is 2.16. The van der Waals surface area contributed by atoms with Crippen LogP contribution in [0.5, 0.6) is 0 Å². The van der Waals surface area contributed by atoms with Crippen molar-refractivity contribution in [3.05, 3.63) is 23.8 Å². The Hall–Kier alpha value is -1.60. The number of rotatable bonds is 2. The molecule has 1 aromatic carbocycles. The number of nitrogen functional groups attached to an aromatic ring is 1. The standard InChI is InChI=1S/C9H13N3O3S/c1-12(2)9(13)7-5-6(16(11,14)15)3-4-8(7)10/h3-5H,10H2,1-2H3,(H2,11,14,15). The van der Waals surface area contributed by atoms with E-state index < -0.39 is 10.0 Å². The van der Waals surface area contributed by atoms with Gasteiger partial charge >= 0.3 is 0 Å². The fourth-order valence-electron chi connectivity index (χ4n) is 1.14. The van der Waals surface area contributed by atoms with Gasteiger partial charge in [-0.15, -0.1) is 0 Å². The third-order valence-electron chi connectivity index (χ3n) is 1.99. The van der Waals surface area contributed by atoms with E-state index in [1.807, 2.05) is 0 Å². The third kappa shape index (κ3) is 2.50. The normalized spacial score (nSPS) is 11.2. The van der Waals surface area contributed by atoms with Crippen LogP contribution in [0.2, 0.25) is 0 Å². The second kappa shape index (κ2) is 4.11. The summed E-state index contributed by atoms with van der Waals surface area (Å²) in [5.74, 6) is -0.372. The SMILES string of the molecule is CN(C)C(=O)c1cc(S(N)(=O)=O)ccc1N. The van der Waals surface area contributed by atoms with Gasteiger partial charge in [0.1, 0.15) is 0 Å². The molecule has 16 heavy (non-hydrogen) atoms. The molecule has 1 rings (SSSR count). The number of nitrogens with zero attached hydrogens (tertiary/aromatic N) is 1. The number of hydrogen-bond donors (Lipinski definition) is 2. The molecule has 0 unspecified atom stereocenters. The minimum absolute atomic E-state index is 0.122. The molecule has 0 saturated carbocycles. The van der Waals surface area contributed by atoms with Crippen LogP contribution < -0.4 is 10.9 Å². The molecule has 0 spiro atoms. The van der Waals surface area contributed by atoms with Gasteiger partial charge in [-0.25, -0.2) is 13.6 Å². The van der Waals surface area contributed by atoms with Crippen LogP contribution >= 0.6 is 0 Å². The maximum atomic E-state index is 11.7. The zero-order valence-electron chi connectivity index (χ0n) is 8.97. The van der Waals surface area contributed by atoms with Crippen LogP contribution in [0.4, 0.5) is 5.69 Å². The molecule has 0 bridgehead atoms. The zero-order valence-corrected chi connectivity index (χ0v) is 9.78. The highest BCUT2D eigenvalue weighted by atomic mass is 32.2. The van der Waals surface area contributed by atoms with Crippen molar-refractivity contribution in [2.45, 2.75) is 4.90 Å². The number of nitrogens with two attached hydrogens (primary N) is 2. The summed E-state index contributed by atoms with van der Waals surface area (Å²) in [5.41, 5.74) is 5.92. The van der Waals surface area contributed by atoms with Gasteiger partial charge in [0.25, 0.3) is 5.91 Å². The second-order valence-corrected chi connectivity index (χ2v) is 5.06. The van der Waals surface area contributed by atoms with Crippen molar-refractivity contribution in [3.8, 4) is 0 Å². The van der Waals surface area contributed by atoms with Crippen molar-refractivity contribution in [2.24, 2.45) is 5.14 Å². The largest absolute Gasteiger partial charge is 0.398 e. The van der Waals surface area contributed by atoms with Crippen molar-refractivity contribution >= 4 is 21.6 Å². The highest BCUT2D eigenvalue weighted by molar-refractivity contribution is 7.89. The molecule has 0 aliphatic heterocycles. The Bertz CT molecular complexity index is 523. The van der Waals surface area contributed by atoms with Crippen LogP contribution in [0.1, 0.15) is 10.4 Å². The Morgan fingerprint density at radius 1 is 1.31 bits per heavy atom. The van der Waals surface area contributed by atoms with E-state index in [4.69, 9.17) is 10.9 Å². The van der Waals surface area contributed by atoms with Crippen molar-refractivity contribution in [3.63, 3.8) is 0 Å². The summed E-state index contributed by atoms with van der Waals surface area (Å²) in [6.07, 6.45) is 0. The van der Waals surface area contributed by atoms with Gasteiger partial charge in [0.2, 0.25) is 10.0 Å². The minimum Gasteiger partial charge on any atom is -0.398 e. The predicted octanol–water partition coefficient (Wildman–Crippen LogP) is -0.382. The van der Waals surface area contributed by atoms with Crippen molar-refractivity contribution in [1.82, 2.24) is 4.90 Å². The average molecular weight is 243 g/mol. The van der Waals surface area contributed by atoms with E-state index in [0.717, 1.165) is 0 Å². The number of amides is 1. The Morgan fingerprint density at radius 2 is 1.88 bits per heavy atom. The third-order valence-corrected chi connectivity index (χ3v) is 2.90. The molecular formula is C9H13N3O3S. The van der Waals surface area contributed by atoms with E-state index in [2.05, 4.69) is 0 Å². The molecule has 88 valence electrons. The number of primary sulfonamides is 1. The fourth-order valence-corrected chi connectivity index (χ4v) is 1.68. The molecule has 0 aliphatic rings. The van der Waals surface area contributed by atoms with Gasteiger partial charge in [-0.05, 0) is 18.2 Å². The predicted molar refractivity (Wildman–Crippen MR) is 60.2 cm³/mol. The summed E-state index contributed by atoms with van der Waals surface area (Å²) in [5, 5.41) is 4.96. The van der Waals surface area contributed by atoms with Crippen LogP contribution in [0.25, 0.3) is 0 Å². The molecule has 1 aromatic rings. The Balaban J connectivity index is 3.36. The van der Waals surface area contributed by atoms with Gasteiger partial charge < -0.3 is 10.6 Å². The Labute approximate surface area is 93.9 Å². The number of benzene rings is 1. The molecule has 7 heteroatoms. The van der Waals surface area contributed by atoms with Crippen LogP contribution in [0.15, 0.2) is 23.1 Å². The first kappa shape index (κ1) is 12.5. The van der Waals surface area contributed by atoms with E-state index >= 15 is 0 Å². The van der Waals surface area contributed by atoms with E-state index in [9.17, 15) is 13.2 Å². The van der Waals surface area contributed by atoms with Gasteiger partial charge in [-0.1, -0.05) is 0 Å². The zero-order chi connectivity index (χ0) is 12.5. The molecule has 0 heterocycles. The van der Waals surface area contributed by atoms with Gasteiger partial charge in [-0.2, -0.15) is 0 Å². The summed E-state index contributed by atoms with van der Waals surface area (Å²) in [4.78, 5) is 12.8. The van der Waals surface area contributed by atoms with Crippen molar-refractivity contribution in [2.75, 3.05) is 19.8 Å². The van der Waals surface area contributed by atoms with Crippen LogP contribution in [-0.4, -0.2) is 33.3 Å². The number of carbonyl (C=O) groups is 1. The molecule has 4 N–H and O–H groups in total. The van der Waals surface area contributed by atoms with E-state index in [1.165, 1.54) is 23.1 Å². The summed E-state index contributed by atoms with van der Waals surface area (Å²) in [7, 11) is -0.734. The molecule has 0 aromatic heterocycles. The van der Waals surface area contributed by atoms with Gasteiger partial charge in [0.15, 0.2) is 0 Å². The first-order valence-electron chi connectivity index (χ1n) is 4.37. The van der Waals surface area contributed by atoms with Gasteiger partial charge in [0.05, 0.1) is 10.5 Å². The molecular weight excluding hydrogens is 230 g/mol. The summed E-state index contributed by atoms with van der Waals surface area (Å²) in [6.45, 7) is 0. The lowest BCUT2D eigenvalue weighted by Gasteiger charge is -2.12. The summed E-state index contributed by atoms with van der Waals surface area (Å²) in [6, 6.07) is 3.78. The number of hydrogen-bond acceptors (Lipinski definition) is 4. The van der Waals surface area contributed by atoms with Gasteiger partial charge in [-0.3, -0.25) is 4.79 Å². The first-order chi connectivity index (χ1) is 7.23. The highest BCUT2D eigenvalue weighted by Crippen LogP contribution is 2.18. The lowest BCUT2D eigenvalue weighted by molar-refractivity contribution is 0.0828. The van der Waals surface area contributed by atoms with Gasteiger partial charge in [0, 0.05) is 19.8 Å². The molecule has 1 amide bonds. The molecule has 0 aliphatic carbocycles. The maximum absolute atomic E-state index is 11.7. The Kier molecular flexibility index (Phi) is 3.20. The fraction of sp³-hybridized carbons (Fsp3) is 0.222. The molecule has 0 radical (unpaired) electrons. The smallest absolute Gasteiger partial charge is 0.255 e. The number of carbonyl (C=O) groups excluding carboxylic acids is 1. The summed E-state index contributed by atoms with van der Waals surface area (Å²) < 4.78 is 22.2. The molecule has 0 atom stereocenters. The molecule has 0 saturated heterocycles. The minimum atomic E-state index is -3.83. The Morgan fingerprint density at radius 3 is 2.31 bits per heavy atom. The average Bonchev–Trinajstić information content (AvgIpc) is 2.15. The number of sulfonamides is 1. The van der Waals surface area contributed by atoms with Crippen molar-refractivity contribution < 1.29 is 13.2 Å². The molecule has 0 fully saturated rings. The monoisotopic (exact) mass is 243 g/mol. The van der Waals surface area contributed by atoms with E-state index in [0.29, 0.717) is 0 Å². The maximum Gasteiger partial charge on any atom is 0.255 e. The second-order valence-electron chi connectivity index (χ2n) is 3.49. The topological polar surface area (TPSA) is 106 Å². The molecule has 6 nitrogen and oxygen atoms in total. The van der Waals surface area contributed by atoms with E-state index in [1.54, 1.807) is 14.1 Å².